The number of rotatable bonds is 6. The van der Waals surface area contributed by atoms with Crippen LogP contribution in [-0.4, -0.2) is 31.9 Å². The minimum absolute atomic E-state index is 0.197. The van der Waals surface area contributed by atoms with E-state index in [1.165, 1.54) is 0 Å². The van der Waals surface area contributed by atoms with Gasteiger partial charge < -0.3 is 10.4 Å². The summed E-state index contributed by atoms with van der Waals surface area (Å²) in [4.78, 5) is 0. The highest BCUT2D eigenvalue weighted by Crippen LogP contribution is 2.24. The lowest BCUT2D eigenvalue weighted by atomic mass is 10.1. The van der Waals surface area contributed by atoms with Crippen molar-refractivity contribution < 1.29 is 13.5 Å². The first-order valence-corrected chi connectivity index (χ1v) is 8.44. The Balaban J connectivity index is 2.51. The minimum atomic E-state index is -3.22. The molecule has 0 heterocycles. The fourth-order valence-corrected chi connectivity index (χ4v) is 3.22. The Labute approximate surface area is 122 Å². The number of hydrogen-bond acceptors (Lipinski definition) is 4. The van der Waals surface area contributed by atoms with Gasteiger partial charge in [-0.05, 0) is 47.5 Å². The maximum absolute atomic E-state index is 11.2. The summed E-state index contributed by atoms with van der Waals surface area (Å²) in [6, 6.07) is 5.24. The molecule has 1 rings (SSSR count). The van der Waals surface area contributed by atoms with Crippen molar-refractivity contribution in [2.45, 2.75) is 25.9 Å². The monoisotopic (exact) mass is 350 g/mol. The van der Waals surface area contributed by atoms with Gasteiger partial charge in [0.1, 0.15) is 5.75 Å². The Morgan fingerprint density at radius 2 is 2.00 bits per heavy atom. The largest absolute Gasteiger partial charge is 0.507 e. The average molecular weight is 351 g/mol. The molecule has 0 aliphatic rings. The van der Waals surface area contributed by atoms with Crippen LogP contribution in [0.4, 0.5) is 0 Å². The summed E-state index contributed by atoms with van der Waals surface area (Å²) < 4.78 is 25.6. The zero-order valence-corrected chi connectivity index (χ0v) is 13.6. The van der Waals surface area contributed by atoms with Crippen molar-refractivity contribution in [2.24, 2.45) is 0 Å². The van der Waals surface area contributed by atoms with E-state index in [1.807, 2.05) is 26.0 Å². The van der Waals surface area contributed by atoms with E-state index >= 15 is 0 Å². The third-order valence-corrected chi connectivity index (χ3v) is 3.93. The van der Waals surface area contributed by atoms with Gasteiger partial charge in [0.25, 0.3) is 0 Å². The van der Waals surface area contributed by atoms with Gasteiger partial charge in [-0.2, -0.15) is 0 Å². The third kappa shape index (κ3) is 6.38. The average Bonchev–Trinajstić information content (AvgIpc) is 2.19. The normalized spacial score (nSPS) is 12.6. The Hall–Kier alpha value is -0.630. The topological polar surface area (TPSA) is 78.4 Å². The molecule has 0 atom stereocenters. The van der Waals surface area contributed by atoms with Crippen molar-refractivity contribution >= 4 is 26.0 Å². The summed E-state index contributed by atoms with van der Waals surface area (Å²) in [5, 5.41) is 12.6. The van der Waals surface area contributed by atoms with Crippen molar-refractivity contribution in [1.29, 1.82) is 0 Å². The number of phenols is 1. The SMILES string of the molecule is CC(C)(CNCc1ccc(O)c(Br)c1)NS(C)(=O)=O. The zero-order valence-electron chi connectivity index (χ0n) is 11.2. The first-order chi connectivity index (χ1) is 8.59. The molecule has 0 spiro atoms. The summed E-state index contributed by atoms with van der Waals surface area (Å²) in [5.74, 6) is 0.197. The molecule has 0 amide bonds. The van der Waals surface area contributed by atoms with E-state index in [2.05, 4.69) is 26.0 Å². The number of hydrogen-bond donors (Lipinski definition) is 3. The smallest absolute Gasteiger partial charge is 0.209 e. The molecule has 0 radical (unpaired) electrons. The van der Waals surface area contributed by atoms with Crippen LogP contribution in [0.25, 0.3) is 0 Å². The van der Waals surface area contributed by atoms with Crippen LogP contribution >= 0.6 is 15.9 Å². The molecule has 0 aliphatic carbocycles. The third-order valence-electron chi connectivity index (χ3n) is 2.37. The van der Waals surface area contributed by atoms with Crippen LogP contribution in [0.15, 0.2) is 22.7 Å². The summed E-state index contributed by atoms with van der Waals surface area (Å²) in [6.45, 7) is 4.72. The van der Waals surface area contributed by atoms with E-state index in [4.69, 9.17) is 0 Å². The fourth-order valence-electron chi connectivity index (χ4n) is 1.72. The molecule has 0 fully saturated rings. The predicted octanol–water partition coefficient (Wildman–Crippen LogP) is 1.57. The molecule has 0 aliphatic heterocycles. The predicted molar refractivity (Wildman–Crippen MR) is 79.6 cm³/mol. The van der Waals surface area contributed by atoms with E-state index in [0.717, 1.165) is 11.8 Å². The second-order valence-corrected chi connectivity index (χ2v) is 7.75. The first kappa shape index (κ1) is 16.4. The van der Waals surface area contributed by atoms with Crippen LogP contribution < -0.4 is 10.0 Å². The quantitative estimate of drug-likeness (QED) is 0.727. The zero-order chi connectivity index (χ0) is 14.7. The number of halogens is 1. The molecule has 0 saturated carbocycles. The summed E-state index contributed by atoms with van der Waals surface area (Å²) in [6.07, 6.45) is 1.14. The van der Waals surface area contributed by atoms with E-state index in [9.17, 15) is 13.5 Å². The fraction of sp³-hybridized carbons (Fsp3) is 0.500. The van der Waals surface area contributed by atoms with Gasteiger partial charge >= 0.3 is 0 Å². The second-order valence-electron chi connectivity index (χ2n) is 5.15. The summed E-state index contributed by atoms with van der Waals surface area (Å²) in [7, 11) is -3.22. The lowest BCUT2D eigenvalue weighted by Crippen LogP contribution is -2.49. The number of nitrogens with one attached hydrogen (secondary N) is 2. The lowest BCUT2D eigenvalue weighted by Gasteiger charge is -2.25. The maximum Gasteiger partial charge on any atom is 0.209 e. The van der Waals surface area contributed by atoms with Crippen LogP contribution in [0.2, 0.25) is 0 Å². The van der Waals surface area contributed by atoms with Crippen LogP contribution in [0.3, 0.4) is 0 Å². The molecular weight excluding hydrogens is 332 g/mol. The molecule has 1 aromatic carbocycles. The molecule has 5 nitrogen and oxygen atoms in total. The number of aromatic hydroxyl groups is 1. The van der Waals surface area contributed by atoms with Crippen LogP contribution in [0.5, 0.6) is 5.75 Å². The van der Waals surface area contributed by atoms with Gasteiger partial charge in [0.2, 0.25) is 10.0 Å². The van der Waals surface area contributed by atoms with E-state index in [-0.39, 0.29) is 5.75 Å². The Morgan fingerprint density at radius 3 is 2.53 bits per heavy atom. The van der Waals surface area contributed by atoms with Crippen LogP contribution in [-0.2, 0) is 16.6 Å². The van der Waals surface area contributed by atoms with Gasteiger partial charge in [0.15, 0.2) is 0 Å². The Morgan fingerprint density at radius 1 is 1.37 bits per heavy atom. The molecule has 19 heavy (non-hydrogen) atoms. The molecule has 0 saturated heterocycles. The highest BCUT2D eigenvalue weighted by atomic mass is 79.9. The van der Waals surface area contributed by atoms with Gasteiger partial charge in [0.05, 0.1) is 10.7 Å². The molecule has 0 aromatic heterocycles. The van der Waals surface area contributed by atoms with Crippen molar-refractivity contribution in [3.05, 3.63) is 28.2 Å². The van der Waals surface area contributed by atoms with Gasteiger partial charge in [0, 0.05) is 18.6 Å². The second kappa shape index (κ2) is 6.21. The van der Waals surface area contributed by atoms with Crippen molar-refractivity contribution in [3.8, 4) is 5.75 Å². The van der Waals surface area contributed by atoms with Gasteiger partial charge in [-0.1, -0.05) is 6.07 Å². The molecule has 3 N–H and O–H groups in total. The molecular formula is C12H19BrN2O3S. The van der Waals surface area contributed by atoms with Gasteiger partial charge in [-0.15, -0.1) is 0 Å². The Bertz CT molecular complexity index is 544. The van der Waals surface area contributed by atoms with Crippen LogP contribution in [0.1, 0.15) is 19.4 Å². The number of sulfonamides is 1. The molecule has 1 aromatic rings. The highest BCUT2D eigenvalue weighted by Gasteiger charge is 2.21. The number of phenolic OH excluding ortho intramolecular Hbond substituents is 1. The van der Waals surface area contributed by atoms with Crippen molar-refractivity contribution in [3.63, 3.8) is 0 Å². The van der Waals surface area contributed by atoms with Crippen molar-refractivity contribution in [2.75, 3.05) is 12.8 Å². The maximum atomic E-state index is 11.2. The standard InChI is InChI=1S/C12H19BrN2O3S/c1-12(2,15-19(3,17)18)8-14-7-9-4-5-11(16)10(13)6-9/h4-6,14-16H,7-8H2,1-3H3. The lowest BCUT2D eigenvalue weighted by molar-refractivity contribution is 0.420. The van der Waals surface area contributed by atoms with E-state index < -0.39 is 15.6 Å². The summed E-state index contributed by atoms with van der Waals surface area (Å²) in [5.41, 5.74) is 0.446. The molecule has 7 heteroatoms. The van der Waals surface area contributed by atoms with Crippen LogP contribution in [0, 0.1) is 0 Å². The first-order valence-electron chi connectivity index (χ1n) is 5.76. The number of benzene rings is 1. The Kier molecular flexibility index (Phi) is 5.37. The molecule has 0 unspecified atom stereocenters. The minimum Gasteiger partial charge on any atom is -0.507 e. The summed E-state index contributed by atoms with van der Waals surface area (Å²) >= 11 is 3.25. The van der Waals surface area contributed by atoms with Gasteiger partial charge in [-0.3, -0.25) is 0 Å². The van der Waals surface area contributed by atoms with Gasteiger partial charge in [-0.25, -0.2) is 13.1 Å². The molecule has 108 valence electrons. The van der Waals surface area contributed by atoms with Crippen molar-refractivity contribution in [1.82, 2.24) is 10.0 Å². The van der Waals surface area contributed by atoms with E-state index in [1.54, 1.807) is 6.07 Å². The highest BCUT2D eigenvalue weighted by molar-refractivity contribution is 9.10. The molecule has 0 bridgehead atoms. The van der Waals surface area contributed by atoms with E-state index in [0.29, 0.717) is 17.6 Å².